The van der Waals surface area contributed by atoms with E-state index in [2.05, 4.69) is 0 Å². The largest absolute Gasteiger partial charge is 0.497 e. The van der Waals surface area contributed by atoms with Crippen molar-refractivity contribution in [2.45, 2.75) is 51.6 Å². The van der Waals surface area contributed by atoms with Gasteiger partial charge in [0.05, 0.1) is 19.8 Å². The second-order valence-corrected chi connectivity index (χ2v) is 10.8. The van der Waals surface area contributed by atoms with Crippen LogP contribution >= 0.6 is 7.14 Å². The highest BCUT2D eigenvalue weighted by Gasteiger charge is 2.49. The lowest BCUT2D eigenvalue weighted by Crippen LogP contribution is -2.25. The molecule has 5 nitrogen and oxygen atoms in total. The molecule has 1 fully saturated rings. The molecule has 2 aromatic rings. The summed E-state index contributed by atoms with van der Waals surface area (Å²) in [4.78, 5) is 27.6. The van der Waals surface area contributed by atoms with E-state index in [0.29, 0.717) is 24.2 Å². The van der Waals surface area contributed by atoms with Gasteiger partial charge in [-0.3, -0.25) is 9.59 Å². The summed E-state index contributed by atoms with van der Waals surface area (Å²) in [5.74, 6) is 0.793. The zero-order chi connectivity index (χ0) is 21.9. The quantitative estimate of drug-likeness (QED) is 0.506. The molecule has 0 aliphatic heterocycles. The van der Waals surface area contributed by atoms with Gasteiger partial charge in [0.25, 0.3) is 0 Å². The predicted octanol–water partition coefficient (Wildman–Crippen LogP) is 6.00. The first kappa shape index (κ1) is 22.3. The summed E-state index contributed by atoms with van der Waals surface area (Å²) in [7, 11) is -0.967. The molecule has 0 bridgehead atoms. The maximum atomic E-state index is 14.5. The van der Waals surface area contributed by atoms with Gasteiger partial charge in [-0.15, -0.1) is 0 Å². The van der Waals surface area contributed by atoms with E-state index in [0.717, 1.165) is 30.4 Å². The summed E-state index contributed by atoms with van der Waals surface area (Å²) in [6.07, 6.45) is 4.04. The van der Waals surface area contributed by atoms with Crippen molar-refractivity contribution in [3.8, 4) is 11.5 Å². The van der Waals surface area contributed by atoms with Gasteiger partial charge in [-0.1, -0.05) is 37.5 Å². The zero-order valence-electron chi connectivity index (χ0n) is 18.1. The van der Waals surface area contributed by atoms with Crippen LogP contribution in [0.5, 0.6) is 11.5 Å². The molecule has 2 aromatic carbocycles. The Hall–Kier alpha value is -2.39. The minimum atomic E-state index is -3.94. The highest BCUT2D eigenvalue weighted by Crippen LogP contribution is 2.61. The lowest BCUT2D eigenvalue weighted by atomic mass is 10.0. The third kappa shape index (κ3) is 3.96. The van der Waals surface area contributed by atoms with Gasteiger partial charge in [-0.05, 0) is 49.9 Å². The first-order valence-corrected chi connectivity index (χ1v) is 12.1. The fourth-order valence-corrected chi connectivity index (χ4v) is 7.51. The van der Waals surface area contributed by atoms with Gasteiger partial charge in [-0.2, -0.15) is 0 Å². The summed E-state index contributed by atoms with van der Waals surface area (Å²) in [6.45, 7) is 3.65. The minimum absolute atomic E-state index is 0.173. The predicted molar refractivity (Wildman–Crippen MR) is 119 cm³/mol. The van der Waals surface area contributed by atoms with Crippen molar-refractivity contribution in [3.05, 3.63) is 58.7 Å². The Labute approximate surface area is 178 Å². The van der Waals surface area contributed by atoms with E-state index in [-0.39, 0.29) is 11.3 Å². The van der Waals surface area contributed by atoms with Crippen LogP contribution in [-0.4, -0.2) is 30.9 Å². The minimum Gasteiger partial charge on any atom is -0.497 e. The number of aryl methyl sites for hydroxylation is 2. The summed E-state index contributed by atoms with van der Waals surface area (Å²) in [6, 6.07) is 10.3. The molecule has 0 spiro atoms. The molecule has 1 unspecified atom stereocenters. The molecule has 0 N–H and O–H groups in total. The molecular formula is C24H29O5P. The first-order valence-electron chi connectivity index (χ1n) is 10.3. The average Bonchev–Trinajstić information content (AvgIpc) is 2.77. The van der Waals surface area contributed by atoms with Crippen molar-refractivity contribution in [2.75, 3.05) is 14.2 Å². The highest BCUT2D eigenvalue weighted by molar-refractivity contribution is 7.96. The van der Waals surface area contributed by atoms with Crippen molar-refractivity contribution in [1.29, 1.82) is 0 Å². The third-order valence-corrected chi connectivity index (χ3v) is 9.24. The monoisotopic (exact) mass is 428 g/mol. The molecule has 1 aliphatic carbocycles. The normalized spacial score (nSPS) is 16.5. The molecule has 0 radical (unpaired) electrons. The van der Waals surface area contributed by atoms with Gasteiger partial charge < -0.3 is 14.0 Å². The number of benzene rings is 2. The van der Waals surface area contributed by atoms with E-state index < -0.39 is 23.8 Å². The molecule has 6 heteroatoms. The molecule has 1 aliphatic rings. The fraction of sp³-hybridized carbons (Fsp3) is 0.417. The Balaban J connectivity index is 2.17. The molecule has 0 amide bonds. The number of ether oxygens (including phenoxy) is 2. The summed E-state index contributed by atoms with van der Waals surface area (Å²) in [5.41, 5.74) is 0.501. The van der Waals surface area contributed by atoms with Crippen LogP contribution in [0, 0.1) is 13.8 Å². The van der Waals surface area contributed by atoms with Crippen LogP contribution in [0.3, 0.4) is 0 Å². The van der Waals surface area contributed by atoms with E-state index >= 15 is 0 Å². The zero-order valence-corrected chi connectivity index (χ0v) is 19.0. The van der Waals surface area contributed by atoms with Gasteiger partial charge in [0.2, 0.25) is 18.2 Å². The van der Waals surface area contributed by atoms with Crippen molar-refractivity contribution in [2.24, 2.45) is 0 Å². The maximum Gasteiger partial charge on any atom is 0.232 e. The van der Waals surface area contributed by atoms with E-state index in [9.17, 15) is 14.2 Å². The van der Waals surface area contributed by atoms with Crippen LogP contribution in [-0.2, 0) is 4.57 Å². The smallest absolute Gasteiger partial charge is 0.232 e. The molecule has 0 saturated heterocycles. The summed E-state index contributed by atoms with van der Waals surface area (Å²) >= 11 is 0. The number of carbonyl (C=O) groups is 2. The molecule has 160 valence electrons. The van der Waals surface area contributed by atoms with Crippen LogP contribution in [0.1, 0.15) is 63.9 Å². The van der Waals surface area contributed by atoms with Crippen LogP contribution in [0.2, 0.25) is 0 Å². The number of rotatable bonds is 7. The Morgan fingerprint density at radius 3 is 2.10 bits per heavy atom. The second-order valence-electron chi connectivity index (χ2n) is 7.89. The van der Waals surface area contributed by atoms with Crippen molar-refractivity contribution in [3.63, 3.8) is 0 Å². The van der Waals surface area contributed by atoms with Gasteiger partial charge in [-0.25, -0.2) is 0 Å². The Bertz CT molecular complexity index is 984. The van der Waals surface area contributed by atoms with Crippen molar-refractivity contribution >= 4 is 18.2 Å². The second kappa shape index (κ2) is 9.18. The lowest BCUT2D eigenvalue weighted by molar-refractivity contribution is 0.103. The Kier molecular flexibility index (Phi) is 6.82. The lowest BCUT2D eigenvalue weighted by Gasteiger charge is -2.29. The van der Waals surface area contributed by atoms with Gasteiger partial charge in [0, 0.05) is 17.3 Å². The van der Waals surface area contributed by atoms with Gasteiger partial charge in [0.1, 0.15) is 11.5 Å². The number of carbonyl (C=O) groups excluding carboxylic acids is 2. The summed E-state index contributed by atoms with van der Waals surface area (Å²) in [5, 5.41) is 0. The van der Waals surface area contributed by atoms with Gasteiger partial charge >= 0.3 is 0 Å². The fourth-order valence-electron chi connectivity index (χ4n) is 4.34. The molecule has 30 heavy (non-hydrogen) atoms. The molecule has 1 atom stereocenters. The van der Waals surface area contributed by atoms with Gasteiger partial charge in [0.15, 0.2) is 0 Å². The number of hydrogen-bond acceptors (Lipinski definition) is 5. The third-order valence-electron chi connectivity index (χ3n) is 6.03. The molecule has 3 rings (SSSR count). The maximum absolute atomic E-state index is 14.5. The average molecular weight is 428 g/mol. The first-order chi connectivity index (χ1) is 14.3. The van der Waals surface area contributed by atoms with Crippen molar-refractivity contribution < 1.29 is 23.6 Å². The van der Waals surface area contributed by atoms with Crippen LogP contribution in [0.15, 0.2) is 36.4 Å². The van der Waals surface area contributed by atoms with Crippen LogP contribution in [0.25, 0.3) is 0 Å². The van der Waals surface area contributed by atoms with Crippen LogP contribution < -0.4 is 9.47 Å². The number of hydrogen-bond donors (Lipinski definition) is 0. The summed E-state index contributed by atoms with van der Waals surface area (Å²) < 4.78 is 25.1. The van der Waals surface area contributed by atoms with E-state index in [1.54, 1.807) is 18.2 Å². The molecular weight excluding hydrogens is 399 g/mol. The SMILES string of the molecule is COc1ccc(C(=O)P(=O)(C(=O)c2c(C)cccc2C)C2CCCCC2)c(OC)c1. The highest BCUT2D eigenvalue weighted by atomic mass is 31.2. The molecule has 0 aromatic heterocycles. The van der Waals surface area contributed by atoms with E-state index in [1.807, 2.05) is 32.0 Å². The number of methoxy groups -OCH3 is 2. The van der Waals surface area contributed by atoms with Crippen molar-refractivity contribution in [1.82, 2.24) is 0 Å². The Morgan fingerprint density at radius 1 is 0.900 bits per heavy atom. The van der Waals surface area contributed by atoms with E-state index in [1.165, 1.54) is 14.2 Å². The Morgan fingerprint density at radius 2 is 1.53 bits per heavy atom. The molecule has 1 saturated carbocycles. The molecule has 0 heterocycles. The van der Waals surface area contributed by atoms with Crippen LogP contribution in [0.4, 0.5) is 0 Å². The topological polar surface area (TPSA) is 69.7 Å². The van der Waals surface area contributed by atoms with E-state index in [4.69, 9.17) is 9.47 Å². The standard InChI is InChI=1S/C24H29O5P/c1-16-9-8-10-17(2)22(16)24(26)30(27,19-11-6-5-7-12-19)23(25)20-14-13-18(28-3)15-21(20)29-4/h8-10,13-15,19H,5-7,11-12H2,1-4H3.